The zero-order chi connectivity index (χ0) is 19.7. The summed E-state index contributed by atoms with van der Waals surface area (Å²) in [5.74, 6) is 0. The molecule has 150 valence electrons. The van der Waals surface area contributed by atoms with Crippen LogP contribution >= 0.6 is 0 Å². The SMILES string of the molecule is CC1(C)CCC(NC(=O)N2CCCCC2CNS(C)(=O)=O)c2ccccc21. The number of rotatable bonds is 4. The second-order valence-electron chi connectivity index (χ2n) is 8.48. The van der Waals surface area contributed by atoms with Crippen molar-refractivity contribution in [2.45, 2.75) is 63.5 Å². The Bertz CT molecular complexity index is 791. The highest BCUT2D eigenvalue weighted by Crippen LogP contribution is 2.41. The number of fused-ring (bicyclic) bond motifs is 1. The topological polar surface area (TPSA) is 78.5 Å². The van der Waals surface area contributed by atoms with Crippen LogP contribution in [0.3, 0.4) is 0 Å². The van der Waals surface area contributed by atoms with Gasteiger partial charge < -0.3 is 10.2 Å². The lowest BCUT2D eigenvalue weighted by atomic mass is 9.71. The number of piperidine rings is 1. The number of sulfonamides is 1. The molecule has 1 aromatic carbocycles. The molecule has 0 bridgehead atoms. The van der Waals surface area contributed by atoms with Gasteiger partial charge in [0.2, 0.25) is 10.0 Å². The van der Waals surface area contributed by atoms with Gasteiger partial charge in [-0.15, -0.1) is 0 Å². The van der Waals surface area contributed by atoms with Gasteiger partial charge in [-0.25, -0.2) is 17.9 Å². The third-order valence-corrected chi connectivity index (χ3v) is 6.58. The first-order valence-corrected chi connectivity index (χ1v) is 11.7. The first kappa shape index (κ1) is 20.1. The van der Waals surface area contributed by atoms with Crippen LogP contribution in [0.15, 0.2) is 24.3 Å². The van der Waals surface area contributed by atoms with Crippen LogP contribution < -0.4 is 10.0 Å². The van der Waals surface area contributed by atoms with Crippen LogP contribution in [0.1, 0.15) is 63.1 Å². The van der Waals surface area contributed by atoms with E-state index in [0.717, 1.165) is 38.4 Å². The van der Waals surface area contributed by atoms with Gasteiger partial charge in [-0.05, 0) is 48.6 Å². The second kappa shape index (κ2) is 7.80. The average Bonchev–Trinajstić information content (AvgIpc) is 2.62. The van der Waals surface area contributed by atoms with Crippen molar-refractivity contribution in [3.8, 4) is 0 Å². The minimum Gasteiger partial charge on any atom is -0.331 e. The van der Waals surface area contributed by atoms with Gasteiger partial charge in [0.25, 0.3) is 0 Å². The summed E-state index contributed by atoms with van der Waals surface area (Å²) >= 11 is 0. The molecule has 1 aromatic rings. The predicted molar refractivity (Wildman–Crippen MR) is 107 cm³/mol. The quantitative estimate of drug-likeness (QED) is 0.826. The summed E-state index contributed by atoms with van der Waals surface area (Å²) in [5, 5.41) is 3.22. The minimum absolute atomic E-state index is 0.00664. The van der Waals surface area contributed by atoms with Gasteiger partial charge in [0, 0.05) is 19.1 Å². The Morgan fingerprint density at radius 2 is 1.96 bits per heavy atom. The lowest BCUT2D eigenvalue weighted by molar-refractivity contribution is 0.147. The van der Waals surface area contributed by atoms with Crippen molar-refractivity contribution in [1.29, 1.82) is 0 Å². The van der Waals surface area contributed by atoms with Crippen molar-refractivity contribution in [2.24, 2.45) is 0 Å². The van der Waals surface area contributed by atoms with E-state index < -0.39 is 10.0 Å². The van der Waals surface area contributed by atoms with E-state index in [9.17, 15) is 13.2 Å². The Labute approximate surface area is 162 Å². The number of nitrogens with zero attached hydrogens (tertiary/aromatic N) is 1. The number of amides is 2. The van der Waals surface area contributed by atoms with Crippen LogP contribution in [-0.2, 0) is 15.4 Å². The molecule has 2 aliphatic rings. The highest BCUT2D eigenvalue weighted by Gasteiger charge is 2.35. The van der Waals surface area contributed by atoms with Gasteiger partial charge in [-0.2, -0.15) is 0 Å². The standard InChI is InChI=1S/C20H31N3O3S/c1-20(2)12-11-18(16-9-4-5-10-17(16)20)22-19(24)23-13-7-6-8-15(23)14-21-27(3,25)26/h4-5,9-10,15,18,21H,6-8,11-14H2,1-3H3,(H,22,24). The van der Waals surface area contributed by atoms with Crippen LogP contribution in [0.5, 0.6) is 0 Å². The van der Waals surface area contributed by atoms with Gasteiger partial charge in [-0.1, -0.05) is 38.1 Å². The van der Waals surface area contributed by atoms with Crippen LogP contribution in [0.25, 0.3) is 0 Å². The fourth-order valence-electron chi connectivity index (χ4n) is 4.32. The van der Waals surface area contributed by atoms with Gasteiger partial charge in [0.1, 0.15) is 0 Å². The van der Waals surface area contributed by atoms with Crippen molar-refractivity contribution in [3.63, 3.8) is 0 Å². The smallest absolute Gasteiger partial charge is 0.318 e. The fraction of sp³-hybridized carbons (Fsp3) is 0.650. The van der Waals surface area contributed by atoms with E-state index in [1.807, 2.05) is 11.0 Å². The lowest BCUT2D eigenvalue weighted by Gasteiger charge is -2.40. The van der Waals surface area contributed by atoms with Crippen molar-refractivity contribution in [1.82, 2.24) is 14.9 Å². The predicted octanol–water partition coefficient (Wildman–Crippen LogP) is 2.91. The molecule has 1 fully saturated rings. The van der Waals surface area contributed by atoms with Crippen molar-refractivity contribution in [2.75, 3.05) is 19.3 Å². The van der Waals surface area contributed by atoms with E-state index in [1.54, 1.807) is 0 Å². The minimum atomic E-state index is -3.26. The molecule has 2 unspecified atom stereocenters. The summed E-state index contributed by atoms with van der Waals surface area (Å²) in [6.45, 7) is 5.45. The molecule has 7 heteroatoms. The highest BCUT2D eigenvalue weighted by molar-refractivity contribution is 7.88. The second-order valence-corrected chi connectivity index (χ2v) is 10.3. The molecule has 1 saturated heterocycles. The summed E-state index contributed by atoms with van der Waals surface area (Å²) in [6, 6.07) is 8.18. The Balaban J connectivity index is 1.72. The van der Waals surface area contributed by atoms with Crippen molar-refractivity contribution in [3.05, 3.63) is 35.4 Å². The number of urea groups is 1. The Morgan fingerprint density at radius 3 is 2.70 bits per heavy atom. The summed E-state index contributed by atoms with van der Waals surface area (Å²) < 4.78 is 25.4. The number of hydrogen-bond acceptors (Lipinski definition) is 3. The molecule has 2 N–H and O–H groups in total. The van der Waals surface area contributed by atoms with E-state index in [2.05, 4.69) is 42.1 Å². The van der Waals surface area contributed by atoms with Crippen LogP contribution in [-0.4, -0.2) is 44.7 Å². The zero-order valence-corrected chi connectivity index (χ0v) is 17.3. The number of benzene rings is 1. The van der Waals surface area contributed by atoms with Crippen molar-refractivity contribution < 1.29 is 13.2 Å². The third-order valence-electron chi connectivity index (χ3n) is 5.89. The summed E-state index contributed by atoms with van der Waals surface area (Å²) in [6.07, 6.45) is 5.88. The molecule has 6 nitrogen and oxygen atoms in total. The van der Waals surface area contributed by atoms with Gasteiger partial charge >= 0.3 is 6.03 Å². The van der Waals surface area contributed by atoms with E-state index in [1.165, 1.54) is 11.1 Å². The first-order valence-electron chi connectivity index (χ1n) is 9.78. The Kier molecular flexibility index (Phi) is 5.82. The van der Waals surface area contributed by atoms with Crippen LogP contribution in [0.2, 0.25) is 0 Å². The number of nitrogens with one attached hydrogen (secondary N) is 2. The largest absolute Gasteiger partial charge is 0.331 e. The van der Waals surface area contributed by atoms with E-state index in [-0.39, 0.29) is 30.1 Å². The molecule has 2 atom stereocenters. The monoisotopic (exact) mass is 393 g/mol. The van der Waals surface area contributed by atoms with E-state index >= 15 is 0 Å². The molecule has 0 saturated carbocycles. The third kappa shape index (κ3) is 4.82. The summed E-state index contributed by atoms with van der Waals surface area (Å²) in [7, 11) is -3.26. The average molecular weight is 394 g/mol. The normalized spacial score (nSPS) is 24.9. The number of likely N-dealkylation sites (tertiary alicyclic amines) is 1. The molecule has 0 spiro atoms. The van der Waals surface area contributed by atoms with E-state index in [0.29, 0.717) is 6.54 Å². The maximum Gasteiger partial charge on any atom is 0.318 e. The van der Waals surface area contributed by atoms with E-state index in [4.69, 9.17) is 0 Å². The molecule has 0 aromatic heterocycles. The number of carbonyl (C=O) groups is 1. The first-order chi connectivity index (χ1) is 12.7. The number of carbonyl (C=O) groups excluding carboxylic acids is 1. The zero-order valence-electron chi connectivity index (χ0n) is 16.5. The Morgan fingerprint density at radius 1 is 1.22 bits per heavy atom. The van der Waals surface area contributed by atoms with Gasteiger partial charge in [-0.3, -0.25) is 0 Å². The fourth-order valence-corrected chi connectivity index (χ4v) is 4.82. The number of hydrogen-bond donors (Lipinski definition) is 2. The Hall–Kier alpha value is -1.60. The summed E-state index contributed by atoms with van der Waals surface area (Å²) in [4.78, 5) is 14.8. The highest BCUT2D eigenvalue weighted by atomic mass is 32.2. The maximum absolute atomic E-state index is 13.0. The molecule has 1 aliphatic carbocycles. The van der Waals surface area contributed by atoms with Crippen LogP contribution in [0, 0.1) is 0 Å². The molecule has 3 rings (SSSR count). The molecule has 27 heavy (non-hydrogen) atoms. The molecule has 2 amide bonds. The van der Waals surface area contributed by atoms with Gasteiger partial charge in [0.05, 0.1) is 12.3 Å². The molecule has 1 heterocycles. The molecular weight excluding hydrogens is 362 g/mol. The molecule has 1 aliphatic heterocycles. The molecular formula is C20H31N3O3S. The van der Waals surface area contributed by atoms with Gasteiger partial charge in [0.15, 0.2) is 0 Å². The van der Waals surface area contributed by atoms with Crippen LogP contribution in [0.4, 0.5) is 4.79 Å². The lowest BCUT2D eigenvalue weighted by Crippen LogP contribution is -2.53. The summed E-state index contributed by atoms with van der Waals surface area (Å²) in [5.41, 5.74) is 2.62. The maximum atomic E-state index is 13.0. The molecule has 0 radical (unpaired) electrons. The van der Waals surface area contributed by atoms with Crippen molar-refractivity contribution >= 4 is 16.1 Å².